The Morgan fingerprint density at radius 3 is 2.29 bits per heavy atom. The average molecular weight is 653 g/mol. The van der Waals surface area contributed by atoms with Crippen LogP contribution in [0, 0.1) is 25.7 Å². The van der Waals surface area contributed by atoms with Gasteiger partial charge in [0.2, 0.25) is 5.91 Å². The molecule has 0 heterocycles. The average Bonchev–Trinajstić information content (AvgIpc) is 3.05. The summed E-state index contributed by atoms with van der Waals surface area (Å²) in [4.78, 5) is 43.3. The van der Waals surface area contributed by atoms with Crippen molar-refractivity contribution in [1.82, 2.24) is 10.6 Å². The number of carbonyl (C=O) groups excluding carboxylic acids is 3. The number of anilines is 1. The van der Waals surface area contributed by atoms with Gasteiger partial charge in [0.1, 0.15) is 17.4 Å². The van der Waals surface area contributed by atoms with Crippen molar-refractivity contribution in [1.29, 1.82) is 0 Å². The standard InChI is InChI=1S/C40H52N4O4/c1-27-11-20-36(28(2)21-27)34-10-8-9-31(22-34)23-40(26-45,25-43-35-18-16-32(17-19-35)29(3)41-7)44-37(46)33-14-12-30(13-15-33)24-42-38(47)48-39(4,5)6/h8-11,16-22,26,30,33,43H,12-15,23-25H2,1-7H3,(H,42,47)(H,44,46). The first-order valence-corrected chi connectivity index (χ1v) is 17.0. The minimum absolute atomic E-state index is 0.113. The zero-order valence-electron chi connectivity index (χ0n) is 29.6. The molecule has 8 nitrogen and oxygen atoms in total. The number of ether oxygens (including phenoxy) is 1. The molecule has 2 amide bonds. The summed E-state index contributed by atoms with van der Waals surface area (Å²) in [5, 5.41) is 9.49. The molecule has 0 bridgehead atoms. The van der Waals surface area contributed by atoms with E-state index in [4.69, 9.17) is 4.74 Å². The van der Waals surface area contributed by atoms with Crippen LogP contribution in [0.5, 0.6) is 0 Å². The minimum atomic E-state index is -1.17. The number of nitrogens with zero attached hydrogens (tertiary/aromatic N) is 1. The molecule has 3 N–H and O–H groups in total. The molecule has 8 heteroatoms. The third-order valence-electron chi connectivity index (χ3n) is 9.13. The van der Waals surface area contributed by atoms with Gasteiger partial charge in [0.25, 0.3) is 0 Å². The Kier molecular flexibility index (Phi) is 12.2. The molecule has 3 aromatic rings. The van der Waals surface area contributed by atoms with Crippen LogP contribution in [0.15, 0.2) is 71.7 Å². The molecule has 1 saturated carbocycles. The minimum Gasteiger partial charge on any atom is -0.444 e. The molecule has 0 saturated heterocycles. The maximum absolute atomic E-state index is 13.8. The van der Waals surface area contributed by atoms with Gasteiger partial charge < -0.3 is 25.5 Å². The zero-order chi connectivity index (χ0) is 34.9. The number of hydrogen-bond donors (Lipinski definition) is 3. The van der Waals surface area contributed by atoms with Crippen LogP contribution < -0.4 is 16.0 Å². The van der Waals surface area contributed by atoms with Crippen molar-refractivity contribution in [2.75, 3.05) is 25.5 Å². The Morgan fingerprint density at radius 2 is 1.67 bits per heavy atom. The van der Waals surface area contributed by atoms with Crippen LogP contribution in [0.3, 0.4) is 0 Å². The summed E-state index contributed by atoms with van der Waals surface area (Å²) in [6.45, 7) is 12.4. The second kappa shape index (κ2) is 16.1. The van der Waals surface area contributed by atoms with E-state index in [1.807, 2.05) is 64.1 Å². The first-order valence-electron chi connectivity index (χ1n) is 17.0. The first-order chi connectivity index (χ1) is 22.8. The Labute approximate surface area is 286 Å². The number of hydrogen-bond acceptors (Lipinski definition) is 6. The molecule has 0 radical (unpaired) electrons. The van der Waals surface area contributed by atoms with Gasteiger partial charge in [-0.15, -0.1) is 0 Å². The molecular formula is C40H52N4O4. The van der Waals surface area contributed by atoms with Crippen molar-refractivity contribution in [3.63, 3.8) is 0 Å². The molecule has 4 rings (SSSR count). The molecule has 1 aliphatic rings. The molecule has 0 spiro atoms. The summed E-state index contributed by atoms with van der Waals surface area (Å²) < 4.78 is 5.36. The van der Waals surface area contributed by atoms with Gasteiger partial charge in [0, 0.05) is 43.9 Å². The number of rotatable bonds is 12. The highest BCUT2D eigenvalue weighted by Crippen LogP contribution is 2.30. The van der Waals surface area contributed by atoms with Crippen LogP contribution in [-0.2, 0) is 20.7 Å². The summed E-state index contributed by atoms with van der Waals surface area (Å²) in [7, 11) is 1.77. The summed E-state index contributed by atoms with van der Waals surface area (Å²) in [6, 6.07) is 22.6. The number of alkyl carbamates (subject to hydrolysis) is 1. The number of amides is 2. The number of aldehydes is 1. The van der Waals surface area contributed by atoms with Crippen LogP contribution in [0.4, 0.5) is 10.5 Å². The molecule has 1 unspecified atom stereocenters. The number of aliphatic imine (C=N–C) groups is 1. The highest BCUT2D eigenvalue weighted by molar-refractivity contribution is 5.98. The van der Waals surface area contributed by atoms with Gasteiger partial charge in [-0.05, 0) is 113 Å². The van der Waals surface area contributed by atoms with E-state index in [1.165, 1.54) is 11.1 Å². The zero-order valence-corrected chi connectivity index (χ0v) is 29.6. The smallest absolute Gasteiger partial charge is 0.407 e. The van der Waals surface area contributed by atoms with Crippen molar-refractivity contribution < 1.29 is 19.1 Å². The molecule has 0 aliphatic heterocycles. The monoisotopic (exact) mass is 652 g/mol. The topological polar surface area (TPSA) is 109 Å². The fraction of sp³-hybridized carbons (Fsp3) is 0.450. The number of aryl methyl sites for hydroxylation is 2. The second-order valence-corrected chi connectivity index (χ2v) is 14.3. The van der Waals surface area contributed by atoms with Crippen molar-refractivity contribution >= 4 is 29.7 Å². The van der Waals surface area contributed by atoms with E-state index >= 15 is 0 Å². The van der Waals surface area contributed by atoms with Gasteiger partial charge in [-0.2, -0.15) is 0 Å². The van der Waals surface area contributed by atoms with Gasteiger partial charge in [0.05, 0.1) is 0 Å². The normalized spacial score (nSPS) is 17.9. The predicted molar refractivity (Wildman–Crippen MR) is 195 cm³/mol. The van der Waals surface area contributed by atoms with Gasteiger partial charge in [-0.3, -0.25) is 9.79 Å². The van der Waals surface area contributed by atoms with Gasteiger partial charge in [0.15, 0.2) is 0 Å². The predicted octanol–water partition coefficient (Wildman–Crippen LogP) is 7.45. The molecule has 1 atom stereocenters. The number of benzene rings is 3. The van der Waals surface area contributed by atoms with Crippen molar-refractivity contribution in [3.05, 3.63) is 89.0 Å². The third-order valence-corrected chi connectivity index (χ3v) is 9.13. The Morgan fingerprint density at radius 1 is 0.958 bits per heavy atom. The van der Waals surface area contributed by atoms with E-state index in [0.29, 0.717) is 25.8 Å². The van der Waals surface area contributed by atoms with E-state index in [2.05, 4.69) is 65.1 Å². The van der Waals surface area contributed by atoms with E-state index < -0.39 is 17.2 Å². The van der Waals surface area contributed by atoms with Crippen molar-refractivity contribution in [3.8, 4) is 11.1 Å². The van der Waals surface area contributed by atoms with Crippen LogP contribution in [0.1, 0.15) is 75.6 Å². The summed E-state index contributed by atoms with van der Waals surface area (Å²) in [5.74, 6) is -0.0475. The van der Waals surface area contributed by atoms with Crippen LogP contribution >= 0.6 is 0 Å². The first kappa shape index (κ1) is 36.4. The molecule has 1 fully saturated rings. The molecule has 256 valence electrons. The Hall–Kier alpha value is -4.46. The Bertz CT molecular complexity index is 1600. The summed E-state index contributed by atoms with van der Waals surface area (Å²) in [6.07, 6.45) is 3.81. The van der Waals surface area contributed by atoms with Crippen LogP contribution in [0.2, 0.25) is 0 Å². The van der Waals surface area contributed by atoms with Crippen molar-refractivity contribution in [2.45, 2.75) is 84.8 Å². The molecule has 1 aliphatic carbocycles. The largest absolute Gasteiger partial charge is 0.444 e. The van der Waals surface area contributed by atoms with Gasteiger partial charge in [-0.25, -0.2) is 4.79 Å². The van der Waals surface area contributed by atoms with Crippen LogP contribution in [-0.4, -0.2) is 55.3 Å². The highest BCUT2D eigenvalue weighted by atomic mass is 16.6. The highest BCUT2D eigenvalue weighted by Gasteiger charge is 2.36. The molecule has 3 aromatic carbocycles. The lowest BCUT2D eigenvalue weighted by Crippen LogP contribution is -2.57. The quantitative estimate of drug-likeness (QED) is 0.139. The molecule has 0 aromatic heterocycles. The van der Waals surface area contributed by atoms with Crippen LogP contribution in [0.25, 0.3) is 11.1 Å². The van der Waals surface area contributed by atoms with Gasteiger partial charge in [-0.1, -0.05) is 60.2 Å². The SMILES string of the molecule is CN=C(C)c1ccc(NCC(C=O)(Cc2cccc(-c3ccc(C)cc3C)c2)NC(=O)C2CCC(CNC(=O)OC(C)(C)C)CC2)cc1. The Balaban J connectivity index is 1.49. The maximum atomic E-state index is 13.8. The lowest BCUT2D eigenvalue weighted by atomic mass is 9.80. The fourth-order valence-electron chi connectivity index (χ4n) is 6.35. The summed E-state index contributed by atoms with van der Waals surface area (Å²) >= 11 is 0. The maximum Gasteiger partial charge on any atom is 0.407 e. The number of nitrogens with one attached hydrogen (secondary N) is 3. The molecular weight excluding hydrogens is 600 g/mol. The second-order valence-electron chi connectivity index (χ2n) is 14.3. The third kappa shape index (κ3) is 10.3. The van der Waals surface area contributed by atoms with Gasteiger partial charge >= 0.3 is 6.09 Å². The lowest BCUT2D eigenvalue weighted by Gasteiger charge is -2.34. The van der Waals surface area contributed by atoms with E-state index in [9.17, 15) is 14.4 Å². The van der Waals surface area contributed by atoms with E-state index in [0.717, 1.165) is 52.8 Å². The fourth-order valence-corrected chi connectivity index (χ4v) is 6.35. The van der Waals surface area contributed by atoms with E-state index in [1.54, 1.807) is 7.05 Å². The van der Waals surface area contributed by atoms with Crippen molar-refractivity contribution in [2.24, 2.45) is 16.8 Å². The lowest BCUT2D eigenvalue weighted by molar-refractivity contribution is -0.130. The summed E-state index contributed by atoms with van der Waals surface area (Å²) in [5.41, 5.74) is 6.67. The van der Waals surface area contributed by atoms with E-state index in [-0.39, 0.29) is 24.3 Å². The number of carbonyl (C=O) groups is 3. The molecule has 48 heavy (non-hydrogen) atoms.